The monoisotopic (exact) mass is 612 g/mol. The molecule has 0 aliphatic heterocycles. The number of hydrogen-bond acceptors (Lipinski definition) is 0. The van der Waals surface area contributed by atoms with E-state index in [-0.39, 0.29) is 0 Å². The van der Waals surface area contributed by atoms with Crippen molar-refractivity contribution in [1.82, 2.24) is 0 Å². The molecule has 0 aliphatic carbocycles. The zero-order valence-corrected chi connectivity index (χ0v) is 27.5. The summed E-state index contributed by atoms with van der Waals surface area (Å²) in [5.41, 5.74) is 0. The fourth-order valence-electron chi connectivity index (χ4n) is 6.36. The fourth-order valence-corrected chi connectivity index (χ4v) is 19.0. The molecule has 0 heterocycles. The summed E-state index contributed by atoms with van der Waals surface area (Å²) < 4.78 is 0. The molecular formula is C40H39P3. The van der Waals surface area contributed by atoms with E-state index in [0.29, 0.717) is 5.40 Å². The predicted molar refractivity (Wildman–Crippen MR) is 198 cm³/mol. The van der Waals surface area contributed by atoms with Crippen molar-refractivity contribution >= 4 is 54.9 Å². The average Bonchev–Trinajstić information content (AvgIpc) is 3.10. The Morgan fingerprint density at radius 1 is 0.419 bits per heavy atom. The molecule has 1 atom stereocenters. The van der Waals surface area contributed by atoms with Crippen LogP contribution in [0.15, 0.2) is 182 Å². The van der Waals surface area contributed by atoms with Crippen molar-refractivity contribution in [3.05, 3.63) is 182 Å². The first-order valence-corrected chi connectivity index (χ1v) is 20.6. The summed E-state index contributed by atoms with van der Waals surface area (Å²) in [4.78, 5) is 0. The van der Waals surface area contributed by atoms with Gasteiger partial charge in [0.2, 0.25) is 0 Å². The first-order valence-electron chi connectivity index (χ1n) is 15.1. The quantitative estimate of drug-likeness (QED) is 0.130. The van der Waals surface area contributed by atoms with Crippen molar-refractivity contribution in [2.75, 3.05) is 12.8 Å². The van der Waals surface area contributed by atoms with E-state index in [9.17, 15) is 0 Å². The Bertz CT molecular complexity index is 1540. The molecule has 0 fully saturated rings. The second-order valence-electron chi connectivity index (χ2n) is 11.1. The molecule has 1 unspecified atom stereocenters. The van der Waals surface area contributed by atoms with E-state index in [1.165, 1.54) is 31.8 Å². The molecule has 0 saturated carbocycles. The van der Waals surface area contributed by atoms with Gasteiger partial charge in [0.05, 0.1) is 0 Å². The molecule has 3 heteroatoms. The molecule has 214 valence electrons. The Balaban J connectivity index is 1.54. The van der Waals surface area contributed by atoms with E-state index in [1.54, 1.807) is 0 Å². The maximum absolute atomic E-state index is 2.65. The molecule has 0 nitrogen and oxygen atoms in total. The second kappa shape index (κ2) is 14.4. The van der Waals surface area contributed by atoms with Crippen molar-refractivity contribution < 1.29 is 0 Å². The van der Waals surface area contributed by atoms with Crippen LogP contribution in [0.4, 0.5) is 0 Å². The molecule has 6 rings (SSSR count). The second-order valence-corrected chi connectivity index (χ2v) is 20.6. The maximum atomic E-state index is 2.65. The molecule has 0 spiro atoms. The normalized spacial score (nSPS) is 12.7. The van der Waals surface area contributed by atoms with E-state index < -0.39 is 23.1 Å². The molecular weight excluding hydrogens is 573 g/mol. The van der Waals surface area contributed by atoms with Crippen LogP contribution in [0, 0.1) is 0 Å². The third-order valence-electron chi connectivity index (χ3n) is 8.56. The molecule has 6 aromatic rings. The van der Waals surface area contributed by atoms with Crippen LogP contribution < -0.4 is 31.8 Å². The minimum absolute atomic E-state index is 0.495. The molecule has 0 bridgehead atoms. The first-order chi connectivity index (χ1) is 21.2. The van der Waals surface area contributed by atoms with Gasteiger partial charge in [0.25, 0.3) is 0 Å². The predicted octanol–water partition coefficient (Wildman–Crippen LogP) is 8.00. The Morgan fingerprint density at radius 2 is 0.721 bits per heavy atom. The van der Waals surface area contributed by atoms with Gasteiger partial charge >= 0.3 is 262 Å². The molecule has 0 N–H and O–H groups in total. The summed E-state index contributed by atoms with van der Waals surface area (Å²) in [6.07, 6.45) is 2.33. The number of rotatable bonds is 11. The standard InChI is InChI=1S/C40H39P3/c1-43(38-28-16-6-17-29-38,39-30-18-7-19-31-39)40(42(36-24-12-4-13-25-36)37-26-14-5-15-27-37)32-33-41(34-20-8-2-9-21-34)35-22-10-3-11-23-35/h2-31,40,43H,32-33H2,1H3. The Kier molecular flexibility index (Phi) is 9.93. The van der Waals surface area contributed by atoms with Crippen molar-refractivity contribution in [1.29, 1.82) is 0 Å². The van der Waals surface area contributed by atoms with Crippen LogP contribution in [0.2, 0.25) is 0 Å². The van der Waals surface area contributed by atoms with Crippen molar-refractivity contribution in [3.63, 3.8) is 0 Å². The third kappa shape index (κ3) is 6.74. The van der Waals surface area contributed by atoms with Gasteiger partial charge in [-0.3, -0.25) is 0 Å². The van der Waals surface area contributed by atoms with E-state index in [1.807, 2.05) is 0 Å². The van der Waals surface area contributed by atoms with Gasteiger partial charge < -0.3 is 0 Å². The SMILES string of the molecule is C[PH](c1ccccc1)(c1ccccc1)C(CCP(c1ccccc1)c1ccccc1)P(c1ccccc1)c1ccccc1. The van der Waals surface area contributed by atoms with Gasteiger partial charge in [0.1, 0.15) is 0 Å². The average molecular weight is 613 g/mol. The van der Waals surface area contributed by atoms with Crippen LogP contribution >= 0.6 is 23.1 Å². The molecule has 0 aromatic heterocycles. The van der Waals surface area contributed by atoms with Crippen LogP contribution in [0.1, 0.15) is 6.42 Å². The van der Waals surface area contributed by atoms with Gasteiger partial charge in [-0.05, 0) is 0 Å². The van der Waals surface area contributed by atoms with Crippen LogP contribution in [0.25, 0.3) is 0 Å². The molecule has 43 heavy (non-hydrogen) atoms. The zero-order chi connectivity index (χ0) is 29.3. The number of benzene rings is 6. The van der Waals surface area contributed by atoms with Crippen LogP contribution in [0.3, 0.4) is 0 Å². The summed E-state index contributed by atoms with van der Waals surface area (Å²) in [7, 11) is -3.43. The fraction of sp³-hybridized carbons (Fsp3) is 0.100. The van der Waals surface area contributed by atoms with E-state index in [2.05, 4.69) is 189 Å². The molecule has 0 aliphatic rings. The summed E-state index contributed by atoms with van der Waals surface area (Å²) in [5, 5.41) is 9.42. The van der Waals surface area contributed by atoms with Gasteiger partial charge in [-0.2, -0.15) is 0 Å². The summed E-state index contributed by atoms with van der Waals surface area (Å²) in [5.74, 6) is 0. The van der Waals surface area contributed by atoms with E-state index >= 15 is 0 Å². The molecule has 0 saturated heterocycles. The summed E-state index contributed by atoms with van der Waals surface area (Å²) in [6, 6.07) is 68.2. The Morgan fingerprint density at radius 3 is 1.07 bits per heavy atom. The van der Waals surface area contributed by atoms with Crippen molar-refractivity contribution in [2.24, 2.45) is 0 Å². The number of hydrogen-bond donors (Lipinski definition) is 0. The van der Waals surface area contributed by atoms with E-state index in [0.717, 1.165) is 12.6 Å². The topological polar surface area (TPSA) is 0 Å². The van der Waals surface area contributed by atoms with Gasteiger partial charge in [0.15, 0.2) is 0 Å². The minimum atomic E-state index is -2.29. The summed E-state index contributed by atoms with van der Waals surface area (Å²) in [6.45, 7) is 2.65. The molecule has 6 aromatic carbocycles. The van der Waals surface area contributed by atoms with E-state index in [4.69, 9.17) is 0 Å². The van der Waals surface area contributed by atoms with Crippen LogP contribution in [-0.2, 0) is 0 Å². The van der Waals surface area contributed by atoms with Crippen LogP contribution in [-0.4, -0.2) is 18.2 Å². The summed E-state index contributed by atoms with van der Waals surface area (Å²) >= 11 is 0. The van der Waals surface area contributed by atoms with Gasteiger partial charge in [-0.1, -0.05) is 0 Å². The van der Waals surface area contributed by atoms with Crippen LogP contribution in [0.5, 0.6) is 0 Å². The van der Waals surface area contributed by atoms with Crippen molar-refractivity contribution in [3.8, 4) is 0 Å². The molecule has 0 amide bonds. The first kappa shape index (κ1) is 29.7. The van der Waals surface area contributed by atoms with Crippen molar-refractivity contribution in [2.45, 2.75) is 11.8 Å². The zero-order valence-electron chi connectivity index (χ0n) is 24.7. The molecule has 0 radical (unpaired) electrons. The third-order valence-corrected chi connectivity index (χ3v) is 20.7. The van der Waals surface area contributed by atoms with Gasteiger partial charge in [-0.15, -0.1) is 0 Å². The Hall–Kier alpha value is -3.39. The van der Waals surface area contributed by atoms with Gasteiger partial charge in [-0.25, -0.2) is 0 Å². The van der Waals surface area contributed by atoms with Gasteiger partial charge in [0, 0.05) is 0 Å². The Labute approximate surface area is 260 Å².